The molecule has 0 heterocycles. The molecule has 0 aromatic heterocycles. The molecule has 0 saturated heterocycles. The lowest BCUT2D eigenvalue weighted by Gasteiger charge is -2.41. The summed E-state index contributed by atoms with van der Waals surface area (Å²) in [6.07, 6.45) is 15.9. The van der Waals surface area contributed by atoms with Gasteiger partial charge in [0, 0.05) is 38.0 Å². The average molecular weight is 363 g/mol. The van der Waals surface area contributed by atoms with Crippen molar-refractivity contribution in [2.75, 3.05) is 14.1 Å². The number of carbonyl (C=O) groups is 2. The van der Waals surface area contributed by atoms with Crippen molar-refractivity contribution in [3.05, 3.63) is 0 Å². The third-order valence-electron chi connectivity index (χ3n) is 7.32. The lowest BCUT2D eigenvalue weighted by atomic mass is 9.84. The summed E-state index contributed by atoms with van der Waals surface area (Å²) in [7, 11) is 4.01. The zero-order valence-corrected chi connectivity index (χ0v) is 16.9. The molecular weight excluding hydrogens is 324 g/mol. The van der Waals surface area contributed by atoms with Crippen molar-refractivity contribution in [2.24, 2.45) is 11.8 Å². The summed E-state index contributed by atoms with van der Waals surface area (Å²) < 4.78 is 0. The van der Waals surface area contributed by atoms with E-state index in [1.54, 1.807) is 0 Å². The summed E-state index contributed by atoms with van der Waals surface area (Å²) in [5.74, 6) is 1.21. The van der Waals surface area contributed by atoms with E-state index in [1.165, 1.54) is 38.5 Å². The Morgan fingerprint density at radius 1 is 0.577 bits per heavy atom. The average Bonchev–Trinajstić information content (AvgIpc) is 2.73. The Morgan fingerprint density at radius 3 is 1.35 bits per heavy atom. The van der Waals surface area contributed by atoms with Gasteiger partial charge in [-0.05, 0) is 51.4 Å². The summed E-state index contributed by atoms with van der Waals surface area (Å²) in [4.78, 5) is 29.9. The molecule has 3 aliphatic rings. The van der Waals surface area contributed by atoms with Gasteiger partial charge in [-0.15, -0.1) is 0 Å². The molecule has 0 radical (unpaired) electrons. The highest BCUT2D eigenvalue weighted by molar-refractivity contribution is 5.79. The number of hydrogen-bond acceptors (Lipinski definition) is 2. The molecule has 3 aliphatic carbocycles. The normalized spacial score (nSPS) is 28.5. The van der Waals surface area contributed by atoms with Crippen LogP contribution in [0.15, 0.2) is 0 Å². The van der Waals surface area contributed by atoms with Gasteiger partial charge in [-0.3, -0.25) is 9.59 Å². The molecule has 3 fully saturated rings. The Bertz CT molecular complexity index is 439. The summed E-state index contributed by atoms with van der Waals surface area (Å²) in [5.41, 5.74) is 0. The van der Waals surface area contributed by atoms with Crippen molar-refractivity contribution in [3.63, 3.8) is 0 Å². The first-order valence-electron chi connectivity index (χ1n) is 11.1. The van der Waals surface area contributed by atoms with Gasteiger partial charge < -0.3 is 9.80 Å². The van der Waals surface area contributed by atoms with Crippen LogP contribution < -0.4 is 0 Å². The Kier molecular flexibility index (Phi) is 6.99. The smallest absolute Gasteiger partial charge is 0.225 e. The molecule has 0 spiro atoms. The van der Waals surface area contributed by atoms with E-state index in [4.69, 9.17) is 0 Å². The molecule has 4 nitrogen and oxygen atoms in total. The van der Waals surface area contributed by atoms with E-state index in [1.807, 2.05) is 23.9 Å². The standard InChI is InChI=1S/C22H38N2O2/c1-23(21(25)17-10-5-3-6-11-17)19-14-9-15-20(16-19)24(2)22(26)18-12-7-4-8-13-18/h17-20H,3-16H2,1-2H3/t19-,20?/m0/s1. The Morgan fingerprint density at radius 2 is 0.962 bits per heavy atom. The number of hydrogen-bond donors (Lipinski definition) is 0. The molecule has 1 unspecified atom stereocenters. The van der Waals surface area contributed by atoms with E-state index >= 15 is 0 Å². The lowest BCUT2D eigenvalue weighted by Crippen LogP contribution is -2.49. The number of rotatable bonds is 4. The fourth-order valence-electron chi connectivity index (χ4n) is 5.48. The van der Waals surface area contributed by atoms with Crippen molar-refractivity contribution in [1.29, 1.82) is 0 Å². The predicted molar refractivity (Wildman–Crippen MR) is 105 cm³/mol. The van der Waals surface area contributed by atoms with Crippen molar-refractivity contribution in [3.8, 4) is 0 Å². The zero-order chi connectivity index (χ0) is 18.5. The van der Waals surface area contributed by atoms with Gasteiger partial charge in [0.2, 0.25) is 11.8 Å². The van der Waals surface area contributed by atoms with Gasteiger partial charge in [-0.2, -0.15) is 0 Å². The van der Waals surface area contributed by atoms with Crippen molar-refractivity contribution >= 4 is 11.8 Å². The van der Waals surface area contributed by atoms with Gasteiger partial charge in [-0.1, -0.05) is 38.5 Å². The van der Waals surface area contributed by atoms with E-state index in [-0.39, 0.29) is 11.8 Å². The quantitative estimate of drug-likeness (QED) is 0.745. The fraction of sp³-hybridized carbons (Fsp3) is 0.909. The third kappa shape index (κ3) is 4.61. The van der Waals surface area contributed by atoms with Crippen LogP contribution in [-0.2, 0) is 9.59 Å². The molecule has 2 atom stereocenters. The zero-order valence-electron chi connectivity index (χ0n) is 16.9. The largest absolute Gasteiger partial charge is 0.342 e. The molecule has 0 N–H and O–H groups in total. The van der Waals surface area contributed by atoms with E-state index < -0.39 is 0 Å². The van der Waals surface area contributed by atoms with Gasteiger partial charge in [0.15, 0.2) is 0 Å². The molecule has 148 valence electrons. The first kappa shape index (κ1) is 19.7. The van der Waals surface area contributed by atoms with Crippen LogP contribution in [0.5, 0.6) is 0 Å². The first-order valence-corrected chi connectivity index (χ1v) is 11.1. The SMILES string of the molecule is CN(C(=O)C1CCCCC1)C1CCC[C@H](N(C)C(=O)C2CCCCC2)C1. The molecule has 0 aromatic rings. The Hall–Kier alpha value is -1.06. The van der Waals surface area contributed by atoms with Gasteiger partial charge in [0.25, 0.3) is 0 Å². The maximum Gasteiger partial charge on any atom is 0.225 e. The second-order valence-corrected chi connectivity index (χ2v) is 9.04. The number of amides is 2. The molecule has 3 rings (SSSR count). The van der Waals surface area contributed by atoms with E-state index in [2.05, 4.69) is 0 Å². The number of carbonyl (C=O) groups excluding carboxylic acids is 2. The van der Waals surface area contributed by atoms with Crippen LogP contribution in [0.4, 0.5) is 0 Å². The second kappa shape index (κ2) is 9.23. The highest BCUT2D eigenvalue weighted by atomic mass is 16.2. The van der Waals surface area contributed by atoms with Crippen LogP contribution in [-0.4, -0.2) is 47.8 Å². The van der Waals surface area contributed by atoms with Crippen molar-refractivity contribution in [1.82, 2.24) is 9.80 Å². The monoisotopic (exact) mass is 362 g/mol. The number of nitrogens with zero attached hydrogens (tertiary/aromatic N) is 2. The maximum atomic E-state index is 12.9. The van der Waals surface area contributed by atoms with Crippen LogP contribution in [0.3, 0.4) is 0 Å². The fourth-order valence-corrected chi connectivity index (χ4v) is 5.48. The van der Waals surface area contributed by atoms with Crippen LogP contribution in [0.1, 0.15) is 89.9 Å². The molecule has 0 aromatic carbocycles. The van der Waals surface area contributed by atoms with Gasteiger partial charge in [0.05, 0.1) is 0 Å². The van der Waals surface area contributed by atoms with Crippen molar-refractivity contribution < 1.29 is 9.59 Å². The molecule has 4 heteroatoms. The summed E-state index contributed by atoms with van der Waals surface area (Å²) in [6, 6.07) is 0.620. The molecule has 3 saturated carbocycles. The molecular formula is C22H38N2O2. The second-order valence-electron chi connectivity index (χ2n) is 9.04. The van der Waals surface area contributed by atoms with E-state index in [9.17, 15) is 9.59 Å². The topological polar surface area (TPSA) is 40.6 Å². The van der Waals surface area contributed by atoms with Crippen LogP contribution in [0, 0.1) is 11.8 Å². The highest BCUT2D eigenvalue weighted by Crippen LogP contribution is 2.32. The maximum absolute atomic E-state index is 12.9. The van der Waals surface area contributed by atoms with Crippen LogP contribution in [0.2, 0.25) is 0 Å². The summed E-state index contributed by atoms with van der Waals surface area (Å²) in [5, 5.41) is 0. The molecule has 2 amide bonds. The predicted octanol–water partition coefficient (Wildman–Crippen LogP) is 4.38. The minimum atomic E-state index is 0.246. The van der Waals surface area contributed by atoms with Gasteiger partial charge >= 0.3 is 0 Å². The third-order valence-corrected chi connectivity index (χ3v) is 7.32. The minimum Gasteiger partial charge on any atom is -0.342 e. The molecule has 26 heavy (non-hydrogen) atoms. The minimum absolute atomic E-state index is 0.246. The van der Waals surface area contributed by atoms with Crippen LogP contribution in [0.25, 0.3) is 0 Å². The van der Waals surface area contributed by atoms with Gasteiger partial charge in [-0.25, -0.2) is 0 Å². The molecule has 0 bridgehead atoms. The Labute approximate surface area is 159 Å². The van der Waals surface area contributed by atoms with E-state index in [0.717, 1.165) is 51.4 Å². The van der Waals surface area contributed by atoms with Crippen molar-refractivity contribution in [2.45, 2.75) is 102 Å². The highest BCUT2D eigenvalue weighted by Gasteiger charge is 2.35. The first-order chi connectivity index (χ1) is 12.6. The summed E-state index contributed by atoms with van der Waals surface area (Å²) >= 11 is 0. The Balaban J connectivity index is 1.55. The summed E-state index contributed by atoms with van der Waals surface area (Å²) in [6.45, 7) is 0. The van der Waals surface area contributed by atoms with E-state index in [0.29, 0.717) is 23.9 Å². The lowest BCUT2D eigenvalue weighted by molar-refractivity contribution is -0.140. The van der Waals surface area contributed by atoms with Crippen LogP contribution >= 0.6 is 0 Å². The van der Waals surface area contributed by atoms with Gasteiger partial charge in [0.1, 0.15) is 0 Å². The molecule has 0 aliphatic heterocycles.